The van der Waals surface area contributed by atoms with Crippen LogP contribution in [0.3, 0.4) is 0 Å². The van der Waals surface area contributed by atoms with Crippen LogP contribution < -0.4 is 16.2 Å². The first-order valence-electron chi connectivity index (χ1n) is 6.87. The average molecular weight is 269 g/mol. The van der Waals surface area contributed by atoms with Crippen LogP contribution in [0.1, 0.15) is 23.2 Å². The maximum atomic E-state index is 5.44. The number of anilines is 3. The zero-order valence-electron chi connectivity index (χ0n) is 11.8. The Kier molecular flexibility index (Phi) is 3.28. The van der Waals surface area contributed by atoms with E-state index in [1.807, 2.05) is 13.0 Å². The van der Waals surface area contributed by atoms with E-state index in [0.717, 1.165) is 30.9 Å². The van der Waals surface area contributed by atoms with Gasteiger partial charge in [0.1, 0.15) is 5.82 Å². The van der Waals surface area contributed by atoms with Crippen molar-refractivity contribution >= 4 is 17.5 Å². The summed E-state index contributed by atoms with van der Waals surface area (Å²) in [6.45, 7) is 5.05. The van der Waals surface area contributed by atoms with Gasteiger partial charge in [0.05, 0.1) is 0 Å². The van der Waals surface area contributed by atoms with Crippen molar-refractivity contribution in [2.24, 2.45) is 5.84 Å². The van der Waals surface area contributed by atoms with Crippen molar-refractivity contribution in [3.63, 3.8) is 0 Å². The van der Waals surface area contributed by atoms with Gasteiger partial charge >= 0.3 is 0 Å². The monoisotopic (exact) mass is 269 g/mol. The second-order valence-corrected chi connectivity index (χ2v) is 5.22. The Balaban J connectivity index is 2.06. The number of nitrogens with zero attached hydrogens (tertiary/aromatic N) is 3. The van der Waals surface area contributed by atoms with Crippen LogP contribution in [0.2, 0.25) is 0 Å². The fraction of sp³-hybridized carbons (Fsp3) is 0.333. The molecule has 1 aromatic heterocycles. The summed E-state index contributed by atoms with van der Waals surface area (Å²) in [7, 11) is 0. The van der Waals surface area contributed by atoms with Gasteiger partial charge in [-0.3, -0.25) is 5.43 Å². The van der Waals surface area contributed by atoms with E-state index in [1.165, 1.54) is 16.8 Å². The molecule has 0 radical (unpaired) electrons. The van der Waals surface area contributed by atoms with Gasteiger partial charge in [0.15, 0.2) is 0 Å². The van der Waals surface area contributed by atoms with Crippen LogP contribution in [-0.2, 0) is 6.42 Å². The Morgan fingerprint density at radius 2 is 2.05 bits per heavy atom. The molecule has 2 aromatic rings. The third kappa shape index (κ3) is 2.32. The predicted octanol–water partition coefficient (Wildman–Crippen LogP) is 2.46. The molecule has 20 heavy (non-hydrogen) atoms. The minimum absolute atomic E-state index is 0.458. The van der Waals surface area contributed by atoms with E-state index in [0.29, 0.717) is 5.95 Å². The standard InChI is InChI=1S/C15H19N5/c1-10-5-6-13-12(8-10)4-3-7-20(13)14-9-11(2)17-15(18-14)19-16/h5-6,8-9H,3-4,7,16H2,1-2H3,(H,17,18,19). The average Bonchev–Trinajstić information content (AvgIpc) is 2.45. The fourth-order valence-electron chi connectivity index (χ4n) is 2.72. The molecule has 0 saturated carbocycles. The first-order valence-corrected chi connectivity index (χ1v) is 6.87. The van der Waals surface area contributed by atoms with Crippen LogP contribution in [0.4, 0.5) is 17.5 Å². The molecule has 0 atom stereocenters. The molecule has 1 aliphatic heterocycles. The predicted molar refractivity (Wildman–Crippen MR) is 81.1 cm³/mol. The third-order valence-corrected chi connectivity index (χ3v) is 3.60. The number of nitrogen functional groups attached to an aromatic ring is 1. The van der Waals surface area contributed by atoms with Crippen molar-refractivity contribution in [2.45, 2.75) is 26.7 Å². The number of hydrogen-bond acceptors (Lipinski definition) is 5. The number of rotatable bonds is 2. The number of hydrazine groups is 1. The van der Waals surface area contributed by atoms with Gasteiger partial charge in [-0.15, -0.1) is 0 Å². The van der Waals surface area contributed by atoms with Gasteiger partial charge < -0.3 is 4.90 Å². The fourth-order valence-corrected chi connectivity index (χ4v) is 2.72. The Bertz CT molecular complexity index is 638. The lowest BCUT2D eigenvalue weighted by Gasteiger charge is -2.31. The highest BCUT2D eigenvalue weighted by Gasteiger charge is 2.20. The quantitative estimate of drug-likeness (QED) is 0.647. The first-order chi connectivity index (χ1) is 9.67. The van der Waals surface area contributed by atoms with Crippen molar-refractivity contribution in [1.82, 2.24) is 9.97 Å². The van der Waals surface area contributed by atoms with Crippen molar-refractivity contribution in [3.8, 4) is 0 Å². The van der Waals surface area contributed by atoms with Crippen molar-refractivity contribution in [3.05, 3.63) is 41.1 Å². The Morgan fingerprint density at radius 1 is 1.20 bits per heavy atom. The van der Waals surface area contributed by atoms with Crippen molar-refractivity contribution in [1.29, 1.82) is 0 Å². The van der Waals surface area contributed by atoms with Gasteiger partial charge in [-0.1, -0.05) is 17.7 Å². The molecule has 104 valence electrons. The topological polar surface area (TPSA) is 67.1 Å². The molecule has 0 unspecified atom stereocenters. The molecule has 5 heteroatoms. The number of aryl methyl sites for hydroxylation is 3. The van der Waals surface area contributed by atoms with Crippen molar-refractivity contribution < 1.29 is 0 Å². The summed E-state index contributed by atoms with van der Waals surface area (Å²) < 4.78 is 0. The van der Waals surface area contributed by atoms with E-state index in [4.69, 9.17) is 5.84 Å². The summed E-state index contributed by atoms with van der Waals surface area (Å²) >= 11 is 0. The lowest BCUT2D eigenvalue weighted by Crippen LogP contribution is -2.26. The van der Waals surface area contributed by atoms with Gasteiger partial charge in [-0.2, -0.15) is 4.98 Å². The Hall–Kier alpha value is -2.14. The first kappa shape index (κ1) is 12.9. The summed E-state index contributed by atoms with van der Waals surface area (Å²) in [5.74, 6) is 6.79. The number of aromatic nitrogens is 2. The summed E-state index contributed by atoms with van der Waals surface area (Å²) in [6.07, 6.45) is 2.25. The van der Waals surface area contributed by atoms with Gasteiger partial charge in [0, 0.05) is 24.0 Å². The van der Waals surface area contributed by atoms with Crippen LogP contribution >= 0.6 is 0 Å². The molecule has 0 bridgehead atoms. The van der Waals surface area contributed by atoms with E-state index in [1.54, 1.807) is 0 Å². The van der Waals surface area contributed by atoms with Gasteiger partial charge in [0.2, 0.25) is 5.95 Å². The van der Waals surface area contributed by atoms with Gasteiger partial charge in [-0.05, 0) is 38.3 Å². The van der Waals surface area contributed by atoms with E-state index in [-0.39, 0.29) is 0 Å². The summed E-state index contributed by atoms with van der Waals surface area (Å²) in [5.41, 5.74) is 7.36. The third-order valence-electron chi connectivity index (χ3n) is 3.60. The normalized spacial score (nSPS) is 14.1. The molecular weight excluding hydrogens is 250 g/mol. The highest BCUT2D eigenvalue weighted by molar-refractivity contribution is 5.66. The summed E-state index contributed by atoms with van der Waals surface area (Å²) in [6, 6.07) is 8.58. The minimum Gasteiger partial charge on any atom is -0.326 e. The number of benzene rings is 1. The van der Waals surface area contributed by atoms with Crippen LogP contribution in [0.25, 0.3) is 0 Å². The number of hydrogen-bond donors (Lipinski definition) is 2. The molecule has 3 rings (SSSR count). The lowest BCUT2D eigenvalue weighted by atomic mass is 9.99. The highest BCUT2D eigenvalue weighted by Crippen LogP contribution is 2.33. The largest absolute Gasteiger partial charge is 0.326 e. The van der Waals surface area contributed by atoms with Crippen LogP contribution in [0.15, 0.2) is 24.3 Å². The maximum Gasteiger partial charge on any atom is 0.239 e. The minimum atomic E-state index is 0.458. The molecule has 3 N–H and O–H groups in total. The zero-order chi connectivity index (χ0) is 14.1. The number of fused-ring (bicyclic) bond motifs is 1. The second-order valence-electron chi connectivity index (χ2n) is 5.22. The highest BCUT2D eigenvalue weighted by atomic mass is 15.3. The summed E-state index contributed by atoms with van der Waals surface area (Å²) in [5, 5.41) is 0. The molecule has 0 saturated heterocycles. The van der Waals surface area contributed by atoms with Crippen molar-refractivity contribution in [2.75, 3.05) is 16.9 Å². The van der Waals surface area contributed by atoms with E-state index < -0.39 is 0 Å². The molecule has 0 fully saturated rings. The molecule has 2 heterocycles. The number of nitrogens with one attached hydrogen (secondary N) is 1. The van der Waals surface area contributed by atoms with E-state index in [2.05, 4.69) is 45.4 Å². The Morgan fingerprint density at radius 3 is 2.85 bits per heavy atom. The smallest absolute Gasteiger partial charge is 0.239 e. The lowest BCUT2D eigenvalue weighted by molar-refractivity contribution is 0.757. The van der Waals surface area contributed by atoms with Crippen LogP contribution in [0.5, 0.6) is 0 Å². The molecular formula is C15H19N5. The molecule has 0 spiro atoms. The van der Waals surface area contributed by atoms with Gasteiger partial charge in [0.25, 0.3) is 0 Å². The Labute approximate surface area is 118 Å². The molecule has 1 aliphatic rings. The molecule has 1 aromatic carbocycles. The van der Waals surface area contributed by atoms with Gasteiger partial charge in [-0.25, -0.2) is 10.8 Å². The zero-order valence-corrected chi connectivity index (χ0v) is 11.8. The van der Waals surface area contributed by atoms with Crippen LogP contribution in [-0.4, -0.2) is 16.5 Å². The van der Waals surface area contributed by atoms with E-state index >= 15 is 0 Å². The van der Waals surface area contributed by atoms with E-state index in [9.17, 15) is 0 Å². The maximum absolute atomic E-state index is 5.44. The second kappa shape index (κ2) is 5.09. The SMILES string of the molecule is Cc1ccc2c(c1)CCCN2c1cc(C)nc(NN)n1. The molecule has 0 aliphatic carbocycles. The number of nitrogens with two attached hydrogens (primary N) is 1. The van der Waals surface area contributed by atoms with Crippen LogP contribution in [0, 0.1) is 13.8 Å². The summed E-state index contributed by atoms with van der Waals surface area (Å²) in [4.78, 5) is 11.0. The molecule has 0 amide bonds. The molecule has 5 nitrogen and oxygen atoms in total.